The van der Waals surface area contributed by atoms with Crippen molar-refractivity contribution >= 4 is 11.8 Å². The maximum atomic E-state index is 13.0. The molecule has 0 radical (unpaired) electrons. The maximum Gasteiger partial charge on any atom is 0.387 e. The summed E-state index contributed by atoms with van der Waals surface area (Å²) in [5, 5.41) is 0. The van der Waals surface area contributed by atoms with E-state index in [0.717, 1.165) is 0 Å². The van der Waals surface area contributed by atoms with Gasteiger partial charge >= 0.3 is 6.61 Å². The zero-order chi connectivity index (χ0) is 21.7. The number of carbonyl (C=O) groups is 2. The predicted molar refractivity (Wildman–Crippen MR) is 102 cm³/mol. The van der Waals surface area contributed by atoms with Gasteiger partial charge in [-0.3, -0.25) is 9.59 Å². The van der Waals surface area contributed by atoms with Crippen molar-refractivity contribution in [3.63, 3.8) is 0 Å². The van der Waals surface area contributed by atoms with Gasteiger partial charge in [0, 0.05) is 26.2 Å². The van der Waals surface area contributed by atoms with E-state index in [2.05, 4.69) is 4.74 Å². The molecule has 1 saturated heterocycles. The smallest absolute Gasteiger partial charge is 0.387 e. The van der Waals surface area contributed by atoms with E-state index in [0.29, 0.717) is 18.7 Å². The van der Waals surface area contributed by atoms with Gasteiger partial charge in [-0.05, 0) is 29.8 Å². The quantitative estimate of drug-likeness (QED) is 0.718. The molecule has 30 heavy (non-hydrogen) atoms. The number of ether oxygens (including phenoxy) is 2. The standard InChI is InChI=1S/C21H21F3N2O4/c1-29-17-4-2-3-16(19(17)30-21(23)24)20(28)26-11-9-25(10-12-26)18(27)13-14-5-7-15(22)8-6-14/h2-8,21H,9-13H2,1H3. The summed E-state index contributed by atoms with van der Waals surface area (Å²) in [5.74, 6) is -1.25. The van der Waals surface area contributed by atoms with Gasteiger partial charge in [-0.25, -0.2) is 4.39 Å². The zero-order valence-electron chi connectivity index (χ0n) is 16.3. The number of benzene rings is 2. The van der Waals surface area contributed by atoms with Crippen LogP contribution in [-0.2, 0) is 11.2 Å². The van der Waals surface area contributed by atoms with Crippen molar-refractivity contribution in [2.75, 3.05) is 33.3 Å². The zero-order valence-corrected chi connectivity index (χ0v) is 16.3. The predicted octanol–water partition coefficient (Wildman–Crippen LogP) is 2.96. The number of rotatable bonds is 6. The van der Waals surface area contributed by atoms with Gasteiger partial charge in [-0.1, -0.05) is 18.2 Å². The van der Waals surface area contributed by atoms with Crippen LogP contribution in [-0.4, -0.2) is 61.5 Å². The summed E-state index contributed by atoms with van der Waals surface area (Å²) in [6.45, 7) is -1.99. The second-order valence-corrected chi connectivity index (χ2v) is 6.69. The normalized spacial score (nSPS) is 14.0. The number of nitrogens with zero attached hydrogens (tertiary/aromatic N) is 2. The Bertz CT molecular complexity index is 898. The maximum absolute atomic E-state index is 13.0. The molecule has 1 aliphatic rings. The number of methoxy groups -OCH3 is 1. The monoisotopic (exact) mass is 422 g/mol. The Labute approximate surface area is 171 Å². The van der Waals surface area contributed by atoms with Crippen molar-refractivity contribution in [2.45, 2.75) is 13.0 Å². The Hall–Kier alpha value is -3.23. The molecule has 0 bridgehead atoms. The minimum Gasteiger partial charge on any atom is -0.493 e. The highest BCUT2D eigenvalue weighted by molar-refractivity contribution is 5.98. The van der Waals surface area contributed by atoms with Crippen LogP contribution in [0.15, 0.2) is 42.5 Å². The Kier molecular flexibility index (Phi) is 6.81. The summed E-state index contributed by atoms with van der Waals surface area (Å²) in [7, 11) is 1.30. The first-order chi connectivity index (χ1) is 14.4. The van der Waals surface area contributed by atoms with Crippen molar-refractivity contribution < 1.29 is 32.2 Å². The summed E-state index contributed by atoms with van der Waals surface area (Å²) in [6.07, 6.45) is 0.135. The van der Waals surface area contributed by atoms with Gasteiger partial charge in [0.15, 0.2) is 11.5 Å². The molecule has 1 fully saturated rings. The first kappa shape index (κ1) is 21.5. The molecule has 2 aromatic rings. The van der Waals surface area contributed by atoms with E-state index in [1.165, 1.54) is 42.3 Å². The number of halogens is 3. The van der Waals surface area contributed by atoms with Crippen LogP contribution in [0.25, 0.3) is 0 Å². The molecule has 2 aromatic carbocycles. The fourth-order valence-corrected chi connectivity index (χ4v) is 3.27. The van der Waals surface area contributed by atoms with Gasteiger partial charge in [0.1, 0.15) is 5.82 Å². The van der Waals surface area contributed by atoms with Crippen molar-refractivity contribution in [1.82, 2.24) is 9.80 Å². The van der Waals surface area contributed by atoms with E-state index in [1.807, 2.05) is 0 Å². The Morgan fingerprint density at radius 3 is 2.23 bits per heavy atom. The lowest BCUT2D eigenvalue weighted by Gasteiger charge is -2.35. The minimum atomic E-state index is -3.10. The fraction of sp³-hybridized carbons (Fsp3) is 0.333. The van der Waals surface area contributed by atoms with E-state index in [9.17, 15) is 22.8 Å². The van der Waals surface area contributed by atoms with Crippen molar-refractivity contribution in [2.24, 2.45) is 0 Å². The van der Waals surface area contributed by atoms with E-state index >= 15 is 0 Å². The van der Waals surface area contributed by atoms with Crippen molar-refractivity contribution in [1.29, 1.82) is 0 Å². The van der Waals surface area contributed by atoms with Gasteiger partial charge in [0.25, 0.3) is 5.91 Å². The molecule has 0 aromatic heterocycles. The number of piperazine rings is 1. The molecule has 0 aliphatic carbocycles. The van der Waals surface area contributed by atoms with Crippen molar-refractivity contribution in [3.8, 4) is 11.5 Å². The van der Waals surface area contributed by atoms with Crippen LogP contribution in [0.5, 0.6) is 11.5 Å². The fourth-order valence-electron chi connectivity index (χ4n) is 3.27. The van der Waals surface area contributed by atoms with Gasteiger partial charge in [-0.15, -0.1) is 0 Å². The minimum absolute atomic E-state index is 0.0271. The molecule has 0 spiro atoms. The van der Waals surface area contributed by atoms with Crippen LogP contribution in [0, 0.1) is 5.82 Å². The Balaban J connectivity index is 1.64. The van der Waals surface area contributed by atoms with E-state index < -0.39 is 12.5 Å². The van der Waals surface area contributed by atoms with Crippen LogP contribution in [0.1, 0.15) is 15.9 Å². The summed E-state index contributed by atoms with van der Waals surface area (Å²) in [5.41, 5.74) is 0.672. The number of carbonyl (C=O) groups excluding carboxylic acids is 2. The second kappa shape index (κ2) is 9.51. The number of hydrogen-bond donors (Lipinski definition) is 0. The first-order valence-electron chi connectivity index (χ1n) is 9.32. The average Bonchev–Trinajstić information content (AvgIpc) is 2.74. The molecule has 6 nitrogen and oxygen atoms in total. The molecule has 3 rings (SSSR count). The Morgan fingerprint density at radius 1 is 1.00 bits per heavy atom. The highest BCUT2D eigenvalue weighted by Gasteiger charge is 2.28. The van der Waals surface area contributed by atoms with Crippen LogP contribution in [0.4, 0.5) is 13.2 Å². The summed E-state index contributed by atoms with van der Waals surface area (Å²) < 4.78 is 48.1. The van der Waals surface area contributed by atoms with Crippen LogP contribution in [0.2, 0.25) is 0 Å². The second-order valence-electron chi connectivity index (χ2n) is 6.69. The molecule has 0 unspecified atom stereocenters. The van der Waals surface area contributed by atoms with Crippen LogP contribution < -0.4 is 9.47 Å². The molecule has 160 valence electrons. The molecule has 0 atom stereocenters. The van der Waals surface area contributed by atoms with Gasteiger partial charge in [-0.2, -0.15) is 8.78 Å². The highest BCUT2D eigenvalue weighted by Crippen LogP contribution is 2.33. The third kappa shape index (κ3) is 5.03. The topological polar surface area (TPSA) is 59.1 Å². The lowest BCUT2D eigenvalue weighted by atomic mass is 10.1. The van der Waals surface area contributed by atoms with Gasteiger partial charge in [0.2, 0.25) is 5.91 Å². The molecule has 1 aliphatic heterocycles. The first-order valence-corrected chi connectivity index (χ1v) is 9.32. The Morgan fingerprint density at radius 2 is 1.63 bits per heavy atom. The van der Waals surface area contributed by atoms with E-state index in [-0.39, 0.29) is 48.3 Å². The SMILES string of the molecule is COc1cccc(C(=O)N2CCN(C(=O)Cc3ccc(F)cc3)CC2)c1OC(F)F. The molecule has 2 amide bonds. The molecular weight excluding hydrogens is 401 g/mol. The third-order valence-corrected chi connectivity index (χ3v) is 4.82. The number of amides is 2. The van der Waals surface area contributed by atoms with Crippen LogP contribution >= 0.6 is 0 Å². The highest BCUT2D eigenvalue weighted by atomic mass is 19.3. The number of alkyl halides is 2. The number of hydrogen-bond acceptors (Lipinski definition) is 4. The van der Waals surface area contributed by atoms with Gasteiger partial charge in [0.05, 0.1) is 19.1 Å². The molecule has 0 N–H and O–H groups in total. The number of para-hydroxylation sites is 1. The van der Waals surface area contributed by atoms with E-state index in [4.69, 9.17) is 4.74 Å². The summed E-state index contributed by atoms with van der Waals surface area (Å²) in [6, 6.07) is 10.1. The largest absolute Gasteiger partial charge is 0.493 e. The molecule has 0 saturated carbocycles. The van der Waals surface area contributed by atoms with Crippen LogP contribution in [0.3, 0.4) is 0 Å². The summed E-state index contributed by atoms with van der Waals surface area (Å²) >= 11 is 0. The van der Waals surface area contributed by atoms with Gasteiger partial charge < -0.3 is 19.3 Å². The molecule has 1 heterocycles. The molecule has 9 heteroatoms. The van der Waals surface area contributed by atoms with E-state index in [1.54, 1.807) is 17.0 Å². The lowest BCUT2D eigenvalue weighted by molar-refractivity contribution is -0.131. The lowest BCUT2D eigenvalue weighted by Crippen LogP contribution is -2.51. The average molecular weight is 422 g/mol. The summed E-state index contributed by atoms with van der Waals surface area (Å²) in [4.78, 5) is 28.4. The third-order valence-electron chi connectivity index (χ3n) is 4.82. The van der Waals surface area contributed by atoms with Crippen molar-refractivity contribution in [3.05, 3.63) is 59.4 Å². The molecular formula is C21H21F3N2O4.